The quantitative estimate of drug-likeness (QED) is 0.704. The van der Waals surface area contributed by atoms with Crippen molar-refractivity contribution in [2.75, 3.05) is 11.9 Å². The summed E-state index contributed by atoms with van der Waals surface area (Å²) in [5.41, 5.74) is 4.25. The minimum atomic E-state index is -0.396. The first-order valence-corrected chi connectivity index (χ1v) is 9.14. The first kappa shape index (κ1) is 18.1. The van der Waals surface area contributed by atoms with E-state index in [0.29, 0.717) is 36.2 Å². The van der Waals surface area contributed by atoms with Gasteiger partial charge in [-0.15, -0.1) is 0 Å². The number of pyridine rings is 2. The van der Waals surface area contributed by atoms with Gasteiger partial charge in [0.25, 0.3) is 5.56 Å². The molecule has 4 rings (SSSR count). The van der Waals surface area contributed by atoms with E-state index in [1.807, 2.05) is 19.1 Å². The van der Waals surface area contributed by atoms with Crippen molar-refractivity contribution in [2.45, 2.75) is 26.3 Å². The van der Waals surface area contributed by atoms with Crippen molar-refractivity contribution >= 4 is 11.6 Å². The summed E-state index contributed by atoms with van der Waals surface area (Å²) >= 11 is 0. The van der Waals surface area contributed by atoms with Gasteiger partial charge in [0.05, 0.1) is 6.54 Å². The minimum absolute atomic E-state index is 0.00742. The van der Waals surface area contributed by atoms with Crippen molar-refractivity contribution in [2.24, 2.45) is 0 Å². The van der Waals surface area contributed by atoms with Crippen LogP contribution in [0.1, 0.15) is 23.2 Å². The van der Waals surface area contributed by atoms with E-state index in [1.165, 1.54) is 17.0 Å². The van der Waals surface area contributed by atoms with Crippen LogP contribution in [0.4, 0.5) is 10.1 Å². The molecule has 1 aliphatic rings. The Bertz CT molecular complexity index is 1140. The topological polar surface area (TPSA) is 55.2 Å². The number of amides is 1. The second kappa shape index (κ2) is 7.03. The third kappa shape index (κ3) is 3.22. The summed E-state index contributed by atoms with van der Waals surface area (Å²) in [6, 6.07) is 10.2. The van der Waals surface area contributed by atoms with Gasteiger partial charge in [-0.05, 0) is 48.7 Å². The second-order valence-electron chi connectivity index (χ2n) is 7.09. The van der Waals surface area contributed by atoms with Crippen LogP contribution in [0.3, 0.4) is 0 Å². The Kier molecular flexibility index (Phi) is 4.55. The van der Waals surface area contributed by atoms with Crippen LogP contribution in [-0.4, -0.2) is 22.5 Å². The van der Waals surface area contributed by atoms with Crippen LogP contribution in [0.5, 0.6) is 0 Å². The standard InChI is InChI=1S/C22H20FN3O2/c1-14-4-3-5-22(28)26(14)13-15-8-17(12-24-11-15)18-9-16-6-7-21(27)25(2)20(16)10-19(18)23/h3-5,8-12H,6-7,13H2,1-2H3. The number of anilines is 1. The highest BCUT2D eigenvalue weighted by Crippen LogP contribution is 2.33. The molecular formula is C22H20FN3O2. The highest BCUT2D eigenvalue weighted by atomic mass is 19.1. The number of rotatable bonds is 3. The van der Waals surface area contributed by atoms with E-state index in [1.54, 1.807) is 36.1 Å². The van der Waals surface area contributed by atoms with Crippen LogP contribution in [0.25, 0.3) is 11.1 Å². The third-order valence-corrected chi connectivity index (χ3v) is 5.23. The van der Waals surface area contributed by atoms with Gasteiger partial charge in [0, 0.05) is 54.4 Å². The zero-order valence-electron chi connectivity index (χ0n) is 15.8. The highest BCUT2D eigenvalue weighted by molar-refractivity contribution is 5.96. The van der Waals surface area contributed by atoms with Crippen LogP contribution in [0, 0.1) is 12.7 Å². The summed E-state index contributed by atoms with van der Waals surface area (Å²) in [6.07, 6.45) is 4.32. The van der Waals surface area contributed by atoms with E-state index in [0.717, 1.165) is 16.8 Å². The molecule has 1 aliphatic heterocycles. The maximum absolute atomic E-state index is 14.8. The third-order valence-electron chi connectivity index (χ3n) is 5.23. The lowest BCUT2D eigenvalue weighted by Gasteiger charge is -2.26. The van der Waals surface area contributed by atoms with Gasteiger partial charge in [-0.25, -0.2) is 4.39 Å². The minimum Gasteiger partial charge on any atom is -0.315 e. The Morgan fingerprint density at radius 3 is 2.71 bits per heavy atom. The second-order valence-corrected chi connectivity index (χ2v) is 7.09. The number of fused-ring (bicyclic) bond motifs is 1. The zero-order chi connectivity index (χ0) is 19.8. The number of benzene rings is 1. The number of carbonyl (C=O) groups excluding carboxylic acids is 1. The van der Waals surface area contributed by atoms with Gasteiger partial charge >= 0.3 is 0 Å². The Balaban J connectivity index is 1.72. The molecule has 1 amide bonds. The van der Waals surface area contributed by atoms with Crippen molar-refractivity contribution in [1.29, 1.82) is 0 Å². The normalized spacial score (nSPS) is 13.5. The molecule has 6 heteroatoms. The molecule has 0 saturated carbocycles. The molecule has 0 fully saturated rings. The van der Waals surface area contributed by atoms with Crippen molar-refractivity contribution in [3.8, 4) is 11.1 Å². The maximum atomic E-state index is 14.8. The van der Waals surface area contributed by atoms with Crippen molar-refractivity contribution < 1.29 is 9.18 Å². The largest absolute Gasteiger partial charge is 0.315 e. The van der Waals surface area contributed by atoms with Gasteiger partial charge in [0.15, 0.2) is 0 Å². The van der Waals surface area contributed by atoms with Crippen LogP contribution in [-0.2, 0) is 17.8 Å². The number of hydrogen-bond acceptors (Lipinski definition) is 3. The van der Waals surface area contributed by atoms with Crippen molar-refractivity contribution in [3.05, 3.63) is 81.8 Å². The lowest BCUT2D eigenvalue weighted by Crippen LogP contribution is -2.31. The molecule has 142 valence electrons. The van der Waals surface area contributed by atoms with Crippen LogP contribution >= 0.6 is 0 Å². The van der Waals surface area contributed by atoms with Gasteiger partial charge in [-0.1, -0.05) is 6.07 Å². The highest BCUT2D eigenvalue weighted by Gasteiger charge is 2.23. The fourth-order valence-corrected chi connectivity index (χ4v) is 3.61. The number of aryl methyl sites for hydroxylation is 2. The predicted molar refractivity (Wildman–Crippen MR) is 106 cm³/mol. The molecule has 3 heterocycles. The molecule has 0 unspecified atom stereocenters. The van der Waals surface area contributed by atoms with Gasteiger partial charge in [-0.3, -0.25) is 14.6 Å². The van der Waals surface area contributed by atoms with Gasteiger partial charge in [0.2, 0.25) is 5.91 Å². The fraction of sp³-hybridized carbons (Fsp3) is 0.227. The monoisotopic (exact) mass is 377 g/mol. The average Bonchev–Trinajstić information content (AvgIpc) is 2.68. The number of hydrogen-bond donors (Lipinski definition) is 0. The average molecular weight is 377 g/mol. The van der Waals surface area contributed by atoms with Crippen LogP contribution in [0.2, 0.25) is 0 Å². The van der Waals surface area contributed by atoms with Crippen LogP contribution in [0.15, 0.2) is 53.6 Å². The Labute approximate surface area is 162 Å². The van der Waals surface area contributed by atoms with Gasteiger partial charge in [-0.2, -0.15) is 0 Å². The molecule has 1 aromatic carbocycles. The molecule has 28 heavy (non-hydrogen) atoms. The molecule has 5 nitrogen and oxygen atoms in total. The Morgan fingerprint density at radius 1 is 1.11 bits per heavy atom. The van der Waals surface area contributed by atoms with E-state index in [-0.39, 0.29) is 11.5 Å². The summed E-state index contributed by atoms with van der Waals surface area (Å²) in [5, 5.41) is 0. The summed E-state index contributed by atoms with van der Waals surface area (Å²) in [6.45, 7) is 2.25. The molecule has 0 saturated heterocycles. The first-order chi connectivity index (χ1) is 13.4. The van der Waals surface area contributed by atoms with Crippen LogP contribution < -0.4 is 10.5 Å². The Morgan fingerprint density at radius 2 is 1.93 bits per heavy atom. The SMILES string of the molecule is Cc1cccc(=O)n1Cc1cncc(-c2cc3c(cc2F)N(C)C(=O)CC3)c1. The lowest BCUT2D eigenvalue weighted by atomic mass is 9.95. The molecule has 3 aromatic rings. The van der Waals surface area contributed by atoms with Crippen molar-refractivity contribution in [3.63, 3.8) is 0 Å². The molecule has 2 aromatic heterocycles. The molecule has 0 spiro atoms. The lowest BCUT2D eigenvalue weighted by molar-refractivity contribution is -0.118. The predicted octanol–water partition coefficient (Wildman–Crippen LogP) is 3.32. The molecule has 0 N–H and O–H groups in total. The zero-order valence-corrected chi connectivity index (χ0v) is 15.8. The number of nitrogens with zero attached hydrogens (tertiary/aromatic N) is 3. The van der Waals surface area contributed by atoms with E-state index >= 15 is 0 Å². The van der Waals surface area contributed by atoms with Crippen molar-refractivity contribution in [1.82, 2.24) is 9.55 Å². The fourth-order valence-electron chi connectivity index (χ4n) is 3.61. The summed E-state index contributed by atoms with van der Waals surface area (Å²) in [5.74, 6) is -0.403. The molecule has 0 aliphatic carbocycles. The number of halogens is 1. The molecule has 0 radical (unpaired) electrons. The summed E-state index contributed by atoms with van der Waals surface area (Å²) < 4.78 is 16.5. The maximum Gasteiger partial charge on any atom is 0.251 e. The van der Waals surface area contributed by atoms with E-state index in [4.69, 9.17) is 0 Å². The van der Waals surface area contributed by atoms with E-state index < -0.39 is 5.82 Å². The van der Waals surface area contributed by atoms with Gasteiger partial charge < -0.3 is 9.47 Å². The number of carbonyl (C=O) groups is 1. The smallest absolute Gasteiger partial charge is 0.251 e. The summed E-state index contributed by atoms with van der Waals surface area (Å²) in [7, 11) is 1.67. The molecule has 0 bridgehead atoms. The molecule has 0 atom stereocenters. The summed E-state index contributed by atoms with van der Waals surface area (Å²) in [4.78, 5) is 29.7. The van der Waals surface area contributed by atoms with Gasteiger partial charge in [0.1, 0.15) is 5.82 Å². The Hall–Kier alpha value is -3.28. The first-order valence-electron chi connectivity index (χ1n) is 9.14. The molecular weight excluding hydrogens is 357 g/mol. The number of aromatic nitrogens is 2. The van der Waals surface area contributed by atoms with E-state index in [2.05, 4.69) is 4.98 Å². The van der Waals surface area contributed by atoms with E-state index in [9.17, 15) is 14.0 Å².